The number of methoxy groups -OCH3 is 1. The Morgan fingerprint density at radius 1 is 1.29 bits per heavy atom. The van der Waals surface area contributed by atoms with Gasteiger partial charge in [-0.2, -0.15) is 0 Å². The van der Waals surface area contributed by atoms with E-state index in [1.807, 2.05) is 13.0 Å². The average Bonchev–Trinajstić information content (AvgIpc) is 2.66. The van der Waals surface area contributed by atoms with Crippen molar-refractivity contribution in [3.8, 4) is 0 Å². The lowest BCUT2D eigenvalue weighted by Gasteiger charge is -2.42. The van der Waals surface area contributed by atoms with Gasteiger partial charge in [0, 0.05) is 29.6 Å². The van der Waals surface area contributed by atoms with Crippen molar-refractivity contribution >= 4 is 29.1 Å². The van der Waals surface area contributed by atoms with Crippen LogP contribution in [0.3, 0.4) is 0 Å². The van der Waals surface area contributed by atoms with E-state index >= 15 is 0 Å². The molecule has 3 rings (SSSR count). The molecule has 5 heteroatoms. The highest BCUT2D eigenvalue weighted by Gasteiger charge is 2.30. The maximum atomic E-state index is 14.8. The largest absolute Gasteiger partial charge is 0.465 e. The molecule has 0 aliphatic carbocycles. The summed E-state index contributed by atoms with van der Waals surface area (Å²) < 4.78 is 19.5. The summed E-state index contributed by atoms with van der Waals surface area (Å²) in [4.78, 5) is 18.2. The Hall–Kier alpha value is -2.95. The molecule has 0 atom stereocenters. The number of hydrogen-bond donors (Lipinski definition) is 0. The van der Waals surface area contributed by atoms with Crippen molar-refractivity contribution in [2.75, 3.05) is 18.6 Å². The Bertz CT molecular complexity index is 977. The number of esters is 1. The molecule has 0 N–H and O–H groups in total. The number of benzene rings is 2. The molecule has 1 aliphatic rings. The van der Waals surface area contributed by atoms with Crippen LogP contribution < -0.4 is 4.90 Å². The summed E-state index contributed by atoms with van der Waals surface area (Å²) in [7, 11) is 1.33. The van der Waals surface area contributed by atoms with Crippen molar-refractivity contribution in [3.63, 3.8) is 0 Å². The fourth-order valence-corrected chi connectivity index (χ4v) is 3.77. The first kappa shape index (κ1) is 19.8. The van der Waals surface area contributed by atoms with Gasteiger partial charge < -0.3 is 9.64 Å². The van der Waals surface area contributed by atoms with E-state index in [0.717, 1.165) is 23.4 Å². The Labute approximate surface area is 165 Å². The highest BCUT2D eigenvalue weighted by Crippen LogP contribution is 2.39. The zero-order chi connectivity index (χ0) is 20.5. The molecule has 0 aromatic heterocycles. The lowest BCUT2D eigenvalue weighted by atomic mass is 9.88. The lowest BCUT2D eigenvalue weighted by Crippen LogP contribution is -2.45. The van der Waals surface area contributed by atoms with Crippen LogP contribution in [0.2, 0.25) is 0 Å². The Morgan fingerprint density at radius 2 is 2.04 bits per heavy atom. The number of anilines is 1. The molecule has 0 bridgehead atoms. The standard InChI is InChI=1S/C23H25FN2O2/c1-6-26-21-12-20(24)17(11-19(21)15(2)13-23(26,3)4)14-25-18-9-7-8-16(10-18)22(27)28-5/h7-14H,6H2,1-5H3. The highest BCUT2D eigenvalue weighted by atomic mass is 19.1. The third-order valence-corrected chi connectivity index (χ3v) is 5.03. The lowest BCUT2D eigenvalue weighted by molar-refractivity contribution is 0.0601. The summed E-state index contributed by atoms with van der Waals surface area (Å²) in [6.07, 6.45) is 3.70. The second-order valence-electron chi connectivity index (χ2n) is 7.42. The quantitative estimate of drug-likeness (QED) is 0.528. The highest BCUT2D eigenvalue weighted by molar-refractivity contribution is 5.92. The summed E-state index contributed by atoms with van der Waals surface area (Å²) in [6, 6.07) is 10.2. The van der Waals surface area contributed by atoms with Gasteiger partial charge in [-0.05, 0) is 63.6 Å². The molecule has 146 valence electrons. The van der Waals surface area contributed by atoms with Crippen LogP contribution in [0.1, 0.15) is 49.2 Å². The number of likely N-dealkylation sites (N-methyl/N-ethyl adjacent to an activating group) is 1. The molecule has 0 radical (unpaired) electrons. The second kappa shape index (κ2) is 7.58. The minimum absolute atomic E-state index is 0.164. The molecule has 2 aromatic carbocycles. The van der Waals surface area contributed by atoms with Gasteiger partial charge in [-0.25, -0.2) is 9.18 Å². The van der Waals surface area contributed by atoms with Crippen molar-refractivity contribution in [2.45, 2.75) is 33.2 Å². The van der Waals surface area contributed by atoms with Crippen molar-refractivity contribution in [2.24, 2.45) is 4.99 Å². The summed E-state index contributed by atoms with van der Waals surface area (Å²) >= 11 is 0. The number of allylic oxidation sites excluding steroid dienone is 1. The Kier molecular flexibility index (Phi) is 5.36. The van der Waals surface area contributed by atoms with E-state index in [0.29, 0.717) is 16.8 Å². The van der Waals surface area contributed by atoms with E-state index in [-0.39, 0.29) is 11.4 Å². The van der Waals surface area contributed by atoms with Crippen LogP contribution in [0.4, 0.5) is 15.8 Å². The smallest absolute Gasteiger partial charge is 0.337 e. The van der Waals surface area contributed by atoms with E-state index < -0.39 is 5.97 Å². The van der Waals surface area contributed by atoms with Gasteiger partial charge in [0.05, 0.1) is 23.9 Å². The normalized spacial score (nSPS) is 15.4. The molecule has 28 heavy (non-hydrogen) atoms. The molecule has 0 spiro atoms. The summed E-state index contributed by atoms with van der Waals surface area (Å²) in [5, 5.41) is 0. The van der Waals surface area contributed by atoms with E-state index in [1.54, 1.807) is 30.3 Å². The van der Waals surface area contributed by atoms with Gasteiger partial charge in [-0.3, -0.25) is 4.99 Å². The predicted octanol–water partition coefficient (Wildman–Crippen LogP) is 5.38. The van der Waals surface area contributed by atoms with Gasteiger partial charge in [0.25, 0.3) is 0 Å². The van der Waals surface area contributed by atoms with Gasteiger partial charge in [-0.15, -0.1) is 0 Å². The molecule has 1 heterocycles. The zero-order valence-corrected chi connectivity index (χ0v) is 16.9. The van der Waals surface area contributed by atoms with Gasteiger partial charge in [-0.1, -0.05) is 12.1 Å². The van der Waals surface area contributed by atoms with Crippen LogP contribution >= 0.6 is 0 Å². The maximum Gasteiger partial charge on any atom is 0.337 e. The maximum absolute atomic E-state index is 14.8. The molecule has 0 amide bonds. The summed E-state index contributed by atoms with van der Waals surface area (Å²) in [5.74, 6) is -0.754. The number of rotatable bonds is 4. The van der Waals surface area contributed by atoms with E-state index in [4.69, 9.17) is 4.74 Å². The number of halogens is 1. The van der Waals surface area contributed by atoms with Crippen molar-refractivity contribution in [1.82, 2.24) is 0 Å². The number of carbonyl (C=O) groups is 1. The zero-order valence-electron chi connectivity index (χ0n) is 16.9. The Balaban J connectivity index is 1.98. The van der Waals surface area contributed by atoms with Gasteiger partial charge >= 0.3 is 5.97 Å². The molecular formula is C23H25FN2O2. The van der Waals surface area contributed by atoms with Crippen molar-refractivity contribution in [1.29, 1.82) is 0 Å². The Morgan fingerprint density at radius 3 is 2.71 bits per heavy atom. The minimum atomic E-state index is -0.431. The summed E-state index contributed by atoms with van der Waals surface area (Å²) in [6.45, 7) is 9.17. The first-order valence-corrected chi connectivity index (χ1v) is 9.30. The molecule has 4 nitrogen and oxygen atoms in total. The van der Waals surface area contributed by atoms with Crippen LogP contribution in [0.5, 0.6) is 0 Å². The predicted molar refractivity (Wildman–Crippen MR) is 112 cm³/mol. The van der Waals surface area contributed by atoms with Crippen LogP contribution in [-0.4, -0.2) is 31.4 Å². The molecule has 0 saturated carbocycles. The fraction of sp³-hybridized carbons (Fsp3) is 0.304. The second-order valence-corrected chi connectivity index (χ2v) is 7.42. The third kappa shape index (κ3) is 3.70. The number of ether oxygens (including phenoxy) is 1. The molecule has 1 aliphatic heterocycles. The fourth-order valence-electron chi connectivity index (χ4n) is 3.77. The average molecular weight is 380 g/mol. The number of nitrogens with zero attached hydrogens (tertiary/aromatic N) is 2. The van der Waals surface area contributed by atoms with Crippen LogP contribution in [-0.2, 0) is 4.74 Å². The van der Waals surface area contributed by atoms with Gasteiger partial charge in [0.1, 0.15) is 5.82 Å². The van der Waals surface area contributed by atoms with E-state index in [9.17, 15) is 9.18 Å². The van der Waals surface area contributed by atoms with E-state index in [2.05, 4.69) is 36.7 Å². The summed E-state index contributed by atoms with van der Waals surface area (Å²) in [5.41, 5.74) is 4.23. The molecule has 0 saturated heterocycles. The van der Waals surface area contributed by atoms with Crippen LogP contribution in [0.25, 0.3) is 5.57 Å². The third-order valence-electron chi connectivity index (χ3n) is 5.03. The van der Waals surface area contributed by atoms with Gasteiger partial charge in [0.2, 0.25) is 0 Å². The monoisotopic (exact) mass is 380 g/mol. The first-order chi connectivity index (χ1) is 13.3. The first-order valence-electron chi connectivity index (χ1n) is 9.30. The molecule has 0 unspecified atom stereocenters. The SMILES string of the molecule is CCN1c2cc(F)c(C=Nc3cccc(C(=O)OC)c3)cc2C(C)=CC1(C)C. The molecule has 2 aromatic rings. The van der Waals surface area contributed by atoms with Crippen molar-refractivity contribution in [3.05, 3.63) is 65.0 Å². The number of fused-ring (bicyclic) bond motifs is 1. The van der Waals surface area contributed by atoms with E-state index in [1.165, 1.54) is 13.3 Å². The topological polar surface area (TPSA) is 41.9 Å². The molecular weight excluding hydrogens is 355 g/mol. The minimum Gasteiger partial charge on any atom is -0.465 e. The van der Waals surface area contributed by atoms with Crippen LogP contribution in [0, 0.1) is 5.82 Å². The number of hydrogen-bond acceptors (Lipinski definition) is 4. The van der Waals surface area contributed by atoms with Gasteiger partial charge in [0.15, 0.2) is 0 Å². The number of carbonyl (C=O) groups excluding carboxylic acids is 1. The molecule has 0 fully saturated rings. The van der Waals surface area contributed by atoms with Crippen molar-refractivity contribution < 1.29 is 13.9 Å². The van der Waals surface area contributed by atoms with Crippen LogP contribution in [0.15, 0.2) is 47.5 Å². The number of aliphatic imine (C=N–C) groups is 1.